The number of hydrogen-bond donors (Lipinski definition) is 0. The summed E-state index contributed by atoms with van der Waals surface area (Å²) in [5.41, 5.74) is 2.97. The van der Waals surface area contributed by atoms with Crippen LogP contribution in [0.25, 0.3) is 0 Å². The number of carbonyl (C=O) groups excluding carboxylic acids is 1. The van der Waals surface area contributed by atoms with Gasteiger partial charge in [0.1, 0.15) is 17.4 Å². The Morgan fingerprint density at radius 1 is 0.923 bits per heavy atom. The van der Waals surface area contributed by atoms with Crippen molar-refractivity contribution < 1.29 is 23.0 Å². The quantitative estimate of drug-likeness (QED) is 0.362. The van der Waals surface area contributed by atoms with E-state index >= 15 is 0 Å². The molecule has 0 unspecified atom stereocenters. The third kappa shape index (κ3) is 6.59. The van der Waals surface area contributed by atoms with E-state index < -0.39 is 0 Å². The van der Waals surface area contributed by atoms with Crippen LogP contribution in [0.1, 0.15) is 43.4 Å². The summed E-state index contributed by atoms with van der Waals surface area (Å²) < 4.78 is 39.4. The normalized spacial score (nSPS) is 21.7. The van der Waals surface area contributed by atoms with Crippen molar-refractivity contribution in [1.29, 1.82) is 0 Å². The molecule has 2 saturated heterocycles. The molecule has 7 heteroatoms. The van der Waals surface area contributed by atoms with Crippen LogP contribution in [0.3, 0.4) is 0 Å². The molecule has 3 aromatic rings. The first kappa shape index (κ1) is 27.1. The zero-order valence-electron chi connectivity index (χ0n) is 22.6. The highest BCUT2D eigenvalue weighted by Gasteiger charge is 2.35. The number of hydrogen-bond acceptors (Lipinski definition) is 4. The molecule has 206 valence electrons. The molecule has 0 radical (unpaired) electrons. The lowest BCUT2D eigenvalue weighted by atomic mass is 9.76. The first-order valence-corrected chi connectivity index (χ1v) is 13.8. The first-order valence-electron chi connectivity index (χ1n) is 13.8. The second-order valence-electron chi connectivity index (χ2n) is 10.9. The van der Waals surface area contributed by atoms with Crippen LogP contribution < -0.4 is 9.64 Å². The highest BCUT2D eigenvalue weighted by molar-refractivity contribution is 5.78. The Hall–Kier alpha value is -3.45. The number of ether oxygens (including phenoxy) is 2. The molecule has 0 aromatic heterocycles. The third-order valence-corrected chi connectivity index (χ3v) is 7.97. The molecule has 0 spiro atoms. The number of halogens is 2. The van der Waals surface area contributed by atoms with Crippen LogP contribution in [0.15, 0.2) is 72.8 Å². The molecule has 39 heavy (non-hydrogen) atoms. The van der Waals surface area contributed by atoms with Crippen LogP contribution in [0.2, 0.25) is 0 Å². The average molecular weight is 535 g/mol. The molecule has 3 atom stereocenters. The molecule has 0 aliphatic carbocycles. The highest BCUT2D eigenvalue weighted by atomic mass is 19.1. The van der Waals surface area contributed by atoms with Gasteiger partial charge >= 0.3 is 0 Å². The van der Waals surface area contributed by atoms with Gasteiger partial charge in [-0.2, -0.15) is 0 Å². The molecule has 5 rings (SSSR count). The average Bonchev–Trinajstić information content (AvgIpc) is 2.96. The van der Waals surface area contributed by atoms with E-state index in [4.69, 9.17) is 9.47 Å². The number of piperazine rings is 1. The minimum Gasteiger partial charge on any atom is -0.484 e. The minimum absolute atomic E-state index is 0.0270. The third-order valence-electron chi connectivity index (χ3n) is 7.97. The molecule has 2 heterocycles. The van der Waals surface area contributed by atoms with Gasteiger partial charge in [0.25, 0.3) is 5.91 Å². The standard InChI is InChI=1S/C32H36F2N2O3/c1-22(2)30-19-25(23-5-3-7-27(34)17-23)20-39-32(30)24-6-4-8-29(18-24)38-21-31(37)36-15-13-35(14-16-36)28-11-9-26(33)10-12-28/h3-12,17-18,22,25,30,32H,13-16,19-21H2,1-2H3/t25-,30-,32-/m0/s1. The molecule has 0 saturated carbocycles. The molecule has 5 nitrogen and oxygen atoms in total. The fourth-order valence-corrected chi connectivity index (χ4v) is 5.71. The van der Waals surface area contributed by atoms with Gasteiger partial charge in [-0.05, 0) is 77.9 Å². The lowest BCUT2D eigenvalue weighted by molar-refractivity contribution is -0.133. The zero-order valence-corrected chi connectivity index (χ0v) is 22.6. The minimum atomic E-state index is -0.253. The number of carbonyl (C=O) groups is 1. The summed E-state index contributed by atoms with van der Waals surface area (Å²) in [5, 5.41) is 0. The van der Waals surface area contributed by atoms with Gasteiger partial charge in [-0.1, -0.05) is 38.1 Å². The summed E-state index contributed by atoms with van der Waals surface area (Å²) in [4.78, 5) is 16.8. The van der Waals surface area contributed by atoms with Crippen LogP contribution in [0.5, 0.6) is 5.75 Å². The maximum absolute atomic E-state index is 13.8. The Morgan fingerprint density at radius 2 is 1.64 bits per heavy atom. The Bertz CT molecular complexity index is 1260. The summed E-state index contributed by atoms with van der Waals surface area (Å²) >= 11 is 0. The van der Waals surface area contributed by atoms with Crippen LogP contribution in [-0.2, 0) is 9.53 Å². The monoisotopic (exact) mass is 534 g/mol. The summed E-state index contributed by atoms with van der Waals surface area (Å²) in [6.45, 7) is 7.48. The van der Waals surface area contributed by atoms with Crippen LogP contribution in [0.4, 0.5) is 14.5 Å². The van der Waals surface area contributed by atoms with Crippen LogP contribution >= 0.6 is 0 Å². The number of benzene rings is 3. The highest BCUT2D eigenvalue weighted by Crippen LogP contribution is 2.44. The van der Waals surface area contributed by atoms with Crippen molar-refractivity contribution >= 4 is 11.6 Å². The van der Waals surface area contributed by atoms with E-state index in [1.165, 1.54) is 18.2 Å². The first-order chi connectivity index (χ1) is 18.9. The van der Waals surface area contributed by atoms with Gasteiger partial charge in [0.05, 0.1) is 12.7 Å². The van der Waals surface area contributed by atoms with Gasteiger partial charge in [0, 0.05) is 37.8 Å². The van der Waals surface area contributed by atoms with Gasteiger partial charge in [-0.25, -0.2) is 8.78 Å². The molecule has 3 aromatic carbocycles. The van der Waals surface area contributed by atoms with Crippen LogP contribution in [0, 0.1) is 23.5 Å². The van der Waals surface area contributed by atoms with Crippen molar-refractivity contribution in [3.05, 3.63) is 95.6 Å². The predicted octanol–water partition coefficient (Wildman–Crippen LogP) is 6.21. The number of amides is 1. The second kappa shape index (κ2) is 12.2. The Labute approximate surface area is 229 Å². The van der Waals surface area contributed by atoms with Gasteiger partial charge in [0.2, 0.25) is 0 Å². The second-order valence-corrected chi connectivity index (χ2v) is 10.9. The van der Waals surface area contributed by atoms with Gasteiger partial charge in [-0.15, -0.1) is 0 Å². The Balaban J connectivity index is 1.17. The zero-order chi connectivity index (χ0) is 27.4. The van der Waals surface area contributed by atoms with Gasteiger partial charge in [0.15, 0.2) is 6.61 Å². The maximum atomic E-state index is 13.8. The number of nitrogens with zero attached hydrogens (tertiary/aromatic N) is 2. The predicted molar refractivity (Wildman–Crippen MR) is 148 cm³/mol. The van der Waals surface area contributed by atoms with Crippen molar-refractivity contribution in [3.63, 3.8) is 0 Å². The summed E-state index contributed by atoms with van der Waals surface area (Å²) in [7, 11) is 0. The summed E-state index contributed by atoms with van der Waals surface area (Å²) in [6, 6.07) is 21.1. The molecular weight excluding hydrogens is 498 g/mol. The summed E-state index contributed by atoms with van der Waals surface area (Å²) in [5.74, 6) is 0.925. The lowest BCUT2D eigenvalue weighted by Gasteiger charge is -2.39. The lowest BCUT2D eigenvalue weighted by Crippen LogP contribution is -2.50. The topological polar surface area (TPSA) is 42.0 Å². The Kier molecular flexibility index (Phi) is 8.46. The van der Waals surface area contributed by atoms with Crippen molar-refractivity contribution in [2.45, 2.75) is 32.3 Å². The molecule has 2 aliphatic heterocycles. The SMILES string of the molecule is CC(C)[C@@H]1C[C@H](c2cccc(F)c2)CO[C@H]1c1cccc(OCC(=O)N2CCN(c3ccc(F)cc3)CC2)c1. The largest absolute Gasteiger partial charge is 0.484 e. The van der Waals surface area contributed by atoms with Crippen molar-refractivity contribution in [2.75, 3.05) is 44.3 Å². The molecular formula is C32H36F2N2O3. The van der Waals surface area contributed by atoms with Crippen molar-refractivity contribution in [3.8, 4) is 5.75 Å². The van der Waals surface area contributed by atoms with Gasteiger partial charge in [-0.3, -0.25) is 4.79 Å². The molecule has 2 aliphatic rings. The fourth-order valence-electron chi connectivity index (χ4n) is 5.71. The van der Waals surface area contributed by atoms with E-state index in [0.717, 1.165) is 23.2 Å². The fraction of sp³-hybridized carbons (Fsp3) is 0.406. The number of rotatable bonds is 7. The molecule has 0 N–H and O–H groups in total. The smallest absolute Gasteiger partial charge is 0.260 e. The van der Waals surface area contributed by atoms with E-state index in [1.54, 1.807) is 24.3 Å². The van der Waals surface area contributed by atoms with Crippen molar-refractivity contribution in [1.82, 2.24) is 4.90 Å². The van der Waals surface area contributed by atoms with E-state index in [1.807, 2.05) is 35.2 Å². The number of anilines is 1. The van der Waals surface area contributed by atoms with Crippen LogP contribution in [-0.4, -0.2) is 50.2 Å². The van der Waals surface area contributed by atoms with Gasteiger partial charge < -0.3 is 19.3 Å². The van der Waals surface area contributed by atoms with E-state index in [9.17, 15) is 13.6 Å². The Morgan fingerprint density at radius 3 is 2.36 bits per heavy atom. The van der Waals surface area contributed by atoms with E-state index in [2.05, 4.69) is 18.7 Å². The molecule has 1 amide bonds. The summed E-state index contributed by atoms with van der Waals surface area (Å²) in [6.07, 6.45) is 0.827. The molecule has 0 bridgehead atoms. The maximum Gasteiger partial charge on any atom is 0.260 e. The molecule has 2 fully saturated rings. The van der Waals surface area contributed by atoms with E-state index in [0.29, 0.717) is 44.5 Å². The van der Waals surface area contributed by atoms with E-state index in [-0.39, 0.29) is 42.1 Å². The van der Waals surface area contributed by atoms with Crippen molar-refractivity contribution in [2.24, 2.45) is 11.8 Å².